The molecule has 2 unspecified atom stereocenters. The van der Waals surface area contributed by atoms with Gasteiger partial charge in [0.1, 0.15) is 12.6 Å². The summed E-state index contributed by atoms with van der Waals surface area (Å²) in [6, 6.07) is 25.7. The summed E-state index contributed by atoms with van der Waals surface area (Å²) in [7, 11) is 0. The summed E-state index contributed by atoms with van der Waals surface area (Å²) in [4.78, 5) is 37.4. The number of alkyl carbamates (subject to hydrolysis) is 1. The van der Waals surface area contributed by atoms with Crippen molar-refractivity contribution in [1.82, 2.24) is 10.6 Å². The number of carbonyl (C=O) groups is 3. The highest BCUT2D eigenvalue weighted by Crippen LogP contribution is 2.38. The van der Waals surface area contributed by atoms with E-state index in [1.165, 1.54) is 0 Å². The quantitative estimate of drug-likeness (QED) is 0.395. The fraction of sp³-hybridized carbons (Fsp3) is 0.300. The minimum absolute atomic E-state index is 0.0518. The van der Waals surface area contributed by atoms with Gasteiger partial charge in [0.15, 0.2) is 0 Å². The van der Waals surface area contributed by atoms with Crippen LogP contribution in [0.25, 0.3) is 0 Å². The number of carbonyl (C=O) groups excluding carboxylic acids is 3. The summed E-state index contributed by atoms with van der Waals surface area (Å²) in [6.45, 7) is 0.567. The molecule has 1 saturated carbocycles. The van der Waals surface area contributed by atoms with Gasteiger partial charge in [0, 0.05) is 12.5 Å². The first-order valence-corrected chi connectivity index (χ1v) is 12.7. The van der Waals surface area contributed by atoms with E-state index in [0.29, 0.717) is 12.1 Å². The Balaban J connectivity index is 1.34. The van der Waals surface area contributed by atoms with E-state index in [1.54, 1.807) is 12.1 Å². The Morgan fingerprint density at radius 1 is 0.838 bits per heavy atom. The van der Waals surface area contributed by atoms with Crippen LogP contribution in [0.4, 0.5) is 4.79 Å². The zero-order chi connectivity index (χ0) is 26.0. The van der Waals surface area contributed by atoms with Crippen molar-refractivity contribution in [3.05, 3.63) is 107 Å². The number of primary amides is 1. The fourth-order valence-corrected chi connectivity index (χ4v) is 4.89. The molecular formula is C30H33N3O4. The molecule has 0 aromatic heterocycles. The van der Waals surface area contributed by atoms with Gasteiger partial charge in [0.2, 0.25) is 11.8 Å². The van der Waals surface area contributed by atoms with Crippen LogP contribution in [0.1, 0.15) is 59.9 Å². The molecule has 0 spiro atoms. The van der Waals surface area contributed by atoms with Gasteiger partial charge in [-0.25, -0.2) is 4.79 Å². The first kappa shape index (κ1) is 25.9. The van der Waals surface area contributed by atoms with Crippen LogP contribution in [-0.4, -0.2) is 17.9 Å². The van der Waals surface area contributed by atoms with Gasteiger partial charge in [-0.15, -0.1) is 0 Å². The normalized spacial score (nSPS) is 17.8. The molecule has 0 bridgehead atoms. The molecule has 0 radical (unpaired) electrons. The van der Waals surface area contributed by atoms with Gasteiger partial charge in [-0.3, -0.25) is 9.59 Å². The van der Waals surface area contributed by atoms with E-state index in [4.69, 9.17) is 10.5 Å². The average molecular weight is 500 g/mol. The Bertz CT molecular complexity index is 1180. The molecule has 3 atom stereocenters. The van der Waals surface area contributed by atoms with Crippen molar-refractivity contribution in [2.45, 2.75) is 50.8 Å². The first-order chi connectivity index (χ1) is 18.0. The number of rotatable bonds is 9. The van der Waals surface area contributed by atoms with Crippen molar-refractivity contribution in [3.8, 4) is 0 Å². The average Bonchev–Trinajstić information content (AvgIpc) is 2.94. The maximum absolute atomic E-state index is 13.3. The molecule has 3 aromatic rings. The number of nitrogens with two attached hydrogens (primary N) is 1. The van der Waals surface area contributed by atoms with Crippen LogP contribution >= 0.6 is 0 Å². The highest BCUT2D eigenvalue weighted by atomic mass is 16.5. The van der Waals surface area contributed by atoms with Crippen molar-refractivity contribution in [2.75, 3.05) is 0 Å². The second kappa shape index (κ2) is 12.7. The lowest BCUT2D eigenvalue weighted by molar-refractivity contribution is -0.131. The molecule has 4 rings (SSSR count). The maximum atomic E-state index is 13.3. The Kier molecular flexibility index (Phi) is 8.92. The lowest BCUT2D eigenvalue weighted by Crippen LogP contribution is -2.42. The summed E-state index contributed by atoms with van der Waals surface area (Å²) >= 11 is 0. The van der Waals surface area contributed by atoms with Gasteiger partial charge in [0.05, 0.1) is 0 Å². The predicted octanol–water partition coefficient (Wildman–Crippen LogP) is 4.73. The van der Waals surface area contributed by atoms with Crippen molar-refractivity contribution in [3.63, 3.8) is 0 Å². The zero-order valence-electron chi connectivity index (χ0n) is 20.8. The third-order valence-electron chi connectivity index (χ3n) is 6.86. The standard InChI is InChI=1S/C30H33N3O4/c31-28(34)27(24-11-5-2-6-12-24)33-29(35)26-14-8-7-13-25(26)23-17-15-21(16-18-23)19-32-30(36)37-20-22-9-3-1-4-10-22/h1-6,9-12,15-18,25-27H,7-8,13-14,19-20H2,(H2,31,34)(H,32,36)(H,33,35)/t25?,26?,27-/m0/s1. The molecule has 1 aliphatic rings. The smallest absolute Gasteiger partial charge is 0.407 e. The van der Waals surface area contributed by atoms with Crippen molar-refractivity contribution in [1.29, 1.82) is 0 Å². The number of benzene rings is 3. The highest BCUT2D eigenvalue weighted by molar-refractivity contribution is 5.89. The largest absolute Gasteiger partial charge is 0.445 e. The summed E-state index contributed by atoms with van der Waals surface area (Å²) in [5.41, 5.74) is 9.23. The topological polar surface area (TPSA) is 111 Å². The van der Waals surface area contributed by atoms with Gasteiger partial charge in [0.25, 0.3) is 0 Å². The molecule has 1 aliphatic carbocycles. The van der Waals surface area contributed by atoms with Crippen LogP contribution in [-0.2, 0) is 27.5 Å². The van der Waals surface area contributed by atoms with Crippen LogP contribution in [0.15, 0.2) is 84.9 Å². The molecule has 0 aliphatic heterocycles. The minimum Gasteiger partial charge on any atom is -0.445 e. The highest BCUT2D eigenvalue weighted by Gasteiger charge is 2.34. The van der Waals surface area contributed by atoms with Crippen molar-refractivity contribution < 1.29 is 19.1 Å². The number of amides is 3. The molecule has 0 saturated heterocycles. The van der Waals surface area contributed by atoms with Crippen LogP contribution in [0.2, 0.25) is 0 Å². The Morgan fingerprint density at radius 2 is 1.49 bits per heavy atom. The Labute approximate surface area is 217 Å². The van der Waals surface area contributed by atoms with Crippen molar-refractivity contribution >= 4 is 17.9 Å². The zero-order valence-corrected chi connectivity index (χ0v) is 20.8. The number of nitrogens with one attached hydrogen (secondary N) is 2. The van der Waals surface area contributed by atoms with E-state index in [2.05, 4.69) is 10.6 Å². The number of hydrogen-bond acceptors (Lipinski definition) is 4. The first-order valence-electron chi connectivity index (χ1n) is 12.7. The fourth-order valence-electron chi connectivity index (χ4n) is 4.89. The second-order valence-corrected chi connectivity index (χ2v) is 9.41. The third-order valence-corrected chi connectivity index (χ3v) is 6.86. The van der Waals surface area contributed by atoms with Crippen LogP contribution in [0.5, 0.6) is 0 Å². The van der Waals surface area contributed by atoms with E-state index in [-0.39, 0.29) is 24.3 Å². The Hall–Kier alpha value is -4.13. The van der Waals surface area contributed by atoms with Crippen LogP contribution in [0.3, 0.4) is 0 Å². The second-order valence-electron chi connectivity index (χ2n) is 9.41. The number of hydrogen-bond donors (Lipinski definition) is 3. The molecule has 0 heterocycles. The molecule has 192 valence electrons. The van der Waals surface area contributed by atoms with Gasteiger partial charge in [-0.1, -0.05) is 97.8 Å². The van der Waals surface area contributed by atoms with E-state index >= 15 is 0 Å². The van der Waals surface area contributed by atoms with E-state index in [0.717, 1.165) is 42.4 Å². The predicted molar refractivity (Wildman–Crippen MR) is 141 cm³/mol. The molecule has 37 heavy (non-hydrogen) atoms. The van der Waals surface area contributed by atoms with E-state index in [1.807, 2.05) is 72.8 Å². The summed E-state index contributed by atoms with van der Waals surface area (Å²) in [6.07, 6.45) is 3.19. The SMILES string of the molecule is NC(=O)[C@@H](NC(=O)C1CCCCC1c1ccc(CNC(=O)OCc2ccccc2)cc1)c1ccccc1. The summed E-state index contributed by atoms with van der Waals surface area (Å²) in [5.74, 6) is -0.914. The lowest BCUT2D eigenvalue weighted by atomic mass is 9.74. The Morgan fingerprint density at radius 3 is 2.16 bits per heavy atom. The van der Waals surface area contributed by atoms with Crippen LogP contribution < -0.4 is 16.4 Å². The lowest BCUT2D eigenvalue weighted by Gasteiger charge is -2.32. The van der Waals surface area contributed by atoms with Gasteiger partial charge < -0.3 is 21.1 Å². The molecule has 7 heteroatoms. The molecule has 1 fully saturated rings. The monoisotopic (exact) mass is 499 g/mol. The van der Waals surface area contributed by atoms with E-state index < -0.39 is 18.0 Å². The molecule has 3 aromatic carbocycles. The van der Waals surface area contributed by atoms with Crippen LogP contribution in [0, 0.1) is 5.92 Å². The third kappa shape index (κ3) is 7.19. The van der Waals surface area contributed by atoms with Crippen molar-refractivity contribution in [2.24, 2.45) is 11.7 Å². The number of ether oxygens (including phenoxy) is 1. The van der Waals surface area contributed by atoms with Gasteiger partial charge >= 0.3 is 6.09 Å². The maximum Gasteiger partial charge on any atom is 0.407 e. The van der Waals surface area contributed by atoms with Gasteiger partial charge in [-0.05, 0) is 41.0 Å². The molecular weight excluding hydrogens is 466 g/mol. The van der Waals surface area contributed by atoms with Gasteiger partial charge in [-0.2, -0.15) is 0 Å². The minimum atomic E-state index is -0.855. The van der Waals surface area contributed by atoms with E-state index in [9.17, 15) is 14.4 Å². The summed E-state index contributed by atoms with van der Waals surface area (Å²) < 4.78 is 5.26. The molecule has 7 nitrogen and oxygen atoms in total. The molecule has 3 amide bonds. The molecule has 4 N–H and O–H groups in total. The summed E-state index contributed by atoms with van der Waals surface area (Å²) in [5, 5.41) is 5.67.